The third-order valence-electron chi connectivity index (χ3n) is 4.63. The number of hydrogen-bond donors (Lipinski definition) is 0. The summed E-state index contributed by atoms with van der Waals surface area (Å²) in [5.41, 5.74) is 3.31. The van der Waals surface area contributed by atoms with E-state index in [1.165, 1.54) is 11.1 Å². The highest BCUT2D eigenvalue weighted by atomic mass is 35.5. The Morgan fingerprint density at radius 1 is 0.857 bits per heavy atom. The Labute approximate surface area is 169 Å². The molecule has 0 bridgehead atoms. The van der Waals surface area contributed by atoms with E-state index in [2.05, 4.69) is 70.6 Å². The molecule has 5 heteroatoms. The number of rotatable bonds is 6. The van der Waals surface area contributed by atoms with Crippen molar-refractivity contribution in [2.45, 2.75) is 12.6 Å². The monoisotopic (exact) mass is 389 g/mol. The standard InChI is InChI=1S/C23H20ClN3O/c1-27(16-21-25-23(26-28-21)19-12-14-20(24)15-13-19)22(17-8-4-2-5-9-17)18-10-6-3-7-11-18/h2-15,22H,16H2,1H3. The van der Waals surface area contributed by atoms with Crippen LogP contribution in [0.5, 0.6) is 0 Å². The van der Waals surface area contributed by atoms with E-state index in [0.717, 1.165) is 5.56 Å². The molecular weight excluding hydrogens is 370 g/mol. The van der Waals surface area contributed by atoms with Gasteiger partial charge in [0.15, 0.2) is 0 Å². The molecule has 140 valence electrons. The molecule has 1 aromatic heterocycles. The van der Waals surface area contributed by atoms with E-state index in [9.17, 15) is 0 Å². The zero-order valence-corrected chi connectivity index (χ0v) is 16.3. The Kier molecular flexibility index (Phi) is 5.51. The molecule has 0 amide bonds. The van der Waals surface area contributed by atoms with Crippen LogP contribution >= 0.6 is 11.6 Å². The lowest BCUT2D eigenvalue weighted by molar-refractivity contribution is 0.229. The summed E-state index contributed by atoms with van der Waals surface area (Å²) in [6.07, 6.45) is 0. The van der Waals surface area contributed by atoms with Crippen molar-refractivity contribution < 1.29 is 4.52 Å². The lowest BCUT2D eigenvalue weighted by Crippen LogP contribution is -2.25. The highest BCUT2D eigenvalue weighted by molar-refractivity contribution is 6.30. The maximum absolute atomic E-state index is 5.95. The van der Waals surface area contributed by atoms with Gasteiger partial charge in [-0.05, 0) is 42.4 Å². The van der Waals surface area contributed by atoms with Crippen LogP contribution in [0.2, 0.25) is 5.02 Å². The summed E-state index contributed by atoms with van der Waals surface area (Å²) >= 11 is 5.95. The molecule has 0 saturated heterocycles. The second kappa shape index (κ2) is 8.38. The fraction of sp³-hybridized carbons (Fsp3) is 0.130. The Balaban J connectivity index is 1.58. The quantitative estimate of drug-likeness (QED) is 0.429. The average molecular weight is 390 g/mol. The van der Waals surface area contributed by atoms with Crippen molar-refractivity contribution in [3.05, 3.63) is 107 Å². The van der Waals surface area contributed by atoms with E-state index >= 15 is 0 Å². The molecule has 28 heavy (non-hydrogen) atoms. The molecule has 0 saturated carbocycles. The molecule has 0 atom stereocenters. The Bertz CT molecular complexity index is 977. The minimum absolute atomic E-state index is 0.0910. The van der Waals surface area contributed by atoms with Gasteiger partial charge < -0.3 is 4.52 Å². The van der Waals surface area contributed by atoms with Crippen LogP contribution in [0.4, 0.5) is 0 Å². The largest absolute Gasteiger partial charge is 0.338 e. The van der Waals surface area contributed by atoms with Crippen molar-refractivity contribution in [3.8, 4) is 11.4 Å². The summed E-state index contributed by atoms with van der Waals surface area (Å²) in [6.45, 7) is 0.537. The zero-order valence-electron chi connectivity index (χ0n) is 15.5. The van der Waals surface area contributed by atoms with Crippen molar-refractivity contribution in [1.82, 2.24) is 15.0 Å². The first-order chi connectivity index (χ1) is 13.7. The number of aromatic nitrogens is 2. The summed E-state index contributed by atoms with van der Waals surface area (Å²) in [5.74, 6) is 1.14. The van der Waals surface area contributed by atoms with E-state index in [0.29, 0.717) is 23.3 Å². The maximum Gasteiger partial charge on any atom is 0.241 e. The highest BCUT2D eigenvalue weighted by Crippen LogP contribution is 2.29. The predicted octanol–water partition coefficient (Wildman–Crippen LogP) is 5.61. The summed E-state index contributed by atoms with van der Waals surface area (Å²) in [5, 5.41) is 4.80. The van der Waals surface area contributed by atoms with Crippen molar-refractivity contribution in [1.29, 1.82) is 0 Å². The van der Waals surface area contributed by atoms with Crippen LogP contribution in [0.1, 0.15) is 23.1 Å². The lowest BCUT2D eigenvalue weighted by atomic mass is 9.97. The Morgan fingerprint density at radius 3 is 2.00 bits per heavy atom. The van der Waals surface area contributed by atoms with E-state index in [4.69, 9.17) is 16.1 Å². The van der Waals surface area contributed by atoms with Crippen molar-refractivity contribution in [2.75, 3.05) is 7.05 Å². The molecule has 0 fully saturated rings. The normalized spacial score (nSPS) is 11.3. The molecule has 0 unspecified atom stereocenters. The second-order valence-corrected chi connectivity index (χ2v) is 7.09. The molecule has 0 aliphatic carbocycles. The summed E-state index contributed by atoms with van der Waals surface area (Å²) < 4.78 is 5.51. The summed E-state index contributed by atoms with van der Waals surface area (Å²) in [7, 11) is 2.07. The smallest absolute Gasteiger partial charge is 0.241 e. The van der Waals surface area contributed by atoms with Gasteiger partial charge in [0.25, 0.3) is 0 Å². The lowest BCUT2D eigenvalue weighted by Gasteiger charge is -2.27. The van der Waals surface area contributed by atoms with Crippen LogP contribution in [0.3, 0.4) is 0 Å². The molecule has 3 aromatic carbocycles. The molecule has 0 radical (unpaired) electrons. The van der Waals surface area contributed by atoms with Gasteiger partial charge in [-0.2, -0.15) is 4.98 Å². The highest BCUT2D eigenvalue weighted by Gasteiger charge is 2.21. The number of nitrogens with zero attached hydrogens (tertiary/aromatic N) is 3. The predicted molar refractivity (Wildman–Crippen MR) is 111 cm³/mol. The van der Waals surface area contributed by atoms with Gasteiger partial charge in [0.2, 0.25) is 11.7 Å². The van der Waals surface area contributed by atoms with Gasteiger partial charge in [-0.3, -0.25) is 4.90 Å². The van der Waals surface area contributed by atoms with Crippen molar-refractivity contribution >= 4 is 11.6 Å². The van der Waals surface area contributed by atoms with Gasteiger partial charge in [-0.25, -0.2) is 0 Å². The summed E-state index contributed by atoms with van der Waals surface area (Å²) in [6, 6.07) is 28.4. The number of benzene rings is 3. The van der Waals surface area contributed by atoms with Crippen LogP contribution in [-0.2, 0) is 6.54 Å². The first-order valence-electron chi connectivity index (χ1n) is 9.09. The van der Waals surface area contributed by atoms with Crippen molar-refractivity contribution in [2.24, 2.45) is 0 Å². The van der Waals surface area contributed by atoms with Crippen LogP contribution < -0.4 is 0 Å². The van der Waals surface area contributed by atoms with Gasteiger partial charge in [0.05, 0.1) is 12.6 Å². The van der Waals surface area contributed by atoms with Crippen LogP contribution in [-0.4, -0.2) is 22.1 Å². The fourth-order valence-electron chi connectivity index (χ4n) is 3.31. The van der Waals surface area contributed by atoms with Gasteiger partial charge in [0, 0.05) is 10.6 Å². The third-order valence-corrected chi connectivity index (χ3v) is 4.88. The van der Waals surface area contributed by atoms with Crippen LogP contribution in [0, 0.1) is 0 Å². The number of hydrogen-bond acceptors (Lipinski definition) is 4. The molecule has 4 aromatic rings. The molecular formula is C23H20ClN3O. The average Bonchev–Trinajstić information content (AvgIpc) is 3.19. The van der Waals surface area contributed by atoms with Gasteiger partial charge in [-0.1, -0.05) is 77.4 Å². The van der Waals surface area contributed by atoms with E-state index in [-0.39, 0.29) is 6.04 Å². The van der Waals surface area contributed by atoms with Crippen LogP contribution in [0.15, 0.2) is 89.5 Å². The molecule has 4 rings (SSSR count). The van der Waals surface area contributed by atoms with Crippen molar-refractivity contribution in [3.63, 3.8) is 0 Å². The minimum atomic E-state index is 0.0910. The van der Waals surface area contributed by atoms with Crippen LogP contribution in [0.25, 0.3) is 11.4 Å². The SMILES string of the molecule is CN(Cc1nc(-c2ccc(Cl)cc2)no1)C(c1ccccc1)c1ccccc1. The fourth-order valence-corrected chi connectivity index (χ4v) is 3.44. The first kappa shape index (κ1) is 18.4. The molecule has 0 N–H and O–H groups in total. The molecule has 4 nitrogen and oxygen atoms in total. The zero-order chi connectivity index (χ0) is 19.3. The second-order valence-electron chi connectivity index (χ2n) is 6.66. The van der Waals surface area contributed by atoms with E-state index < -0.39 is 0 Å². The maximum atomic E-state index is 5.95. The van der Waals surface area contributed by atoms with Gasteiger partial charge in [-0.15, -0.1) is 0 Å². The Morgan fingerprint density at radius 2 is 1.43 bits per heavy atom. The van der Waals surface area contributed by atoms with E-state index in [1.807, 2.05) is 36.4 Å². The molecule has 1 heterocycles. The van der Waals surface area contributed by atoms with E-state index in [1.54, 1.807) is 0 Å². The summed E-state index contributed by atoms with van der Waals surface area (Å²) in [4.78, 5) is 6.77. The Hall–Kier alpha value is -2.95. The van der Waals surface area contributed by atoms with Gasteiger partial charge in [0.1, 0.15) is 0 Å². The van der Waals surface area contributed by atoms with Gasteiger partial charge >= 0.3 is 0 Å². The minimum Gasteiger partial charge on any atom is -0.338 e. The first-order valence-corrected chi connectivity index (χ1v) is 9.47. The number of halogens is 1. The molecule has 0 aliphatic rings. The molecule has 0 spiro atoms. The third kappa shape index (κ3) is 4.14. The molecule has 0 aliphatic heterocycles. The topological polar surface area (TPSA) is 42.2 Å².